The number of hydrogen-bond donors (Lipinski definition) is 0. The molecular weight excluding hydrogens is 240 g/mol. The Morgan fingerprint density at radius 1 is 1.00 bits per heavy atom. The third-order valence-corrected chi connectivity index (χ3v) is 3.82. The van der Waals surface area contributed by atoms with Gasteiger partial charge in [0.05, 0.1) is 0 Å². The number of hydrogen-bond acceptors (Lipinski definition) is 0. The van der Waals surface area contributed by atoms with Gasteiger partial charge >= 0.3 is 0 Å². The molecule has 0 nitrogen and oxygen atoms in total. The lowest BCUT2D eigenvalue weighted by Crippen LogP contribution is -1.95. The molecule has 0 aliphatic carbocycles. The molecule has 0 aliphatic rings. The molecule has 20 heavy (non-hydrogen) atoms. The minimum Gasteiger partial charge on any atom is -0.100 e. The van der Waals surface area contributed by atoms with Gasteiger partial charge in [-0.05, 0) is 58.3 Å². The molecule has 0 radical (unpaired) electrons. The first-order valence-electron chi connectivity index (χ1n) is 8.06. The van der Waals surface area contributed by atoms with E-state index in [-0.39, 0.29) is 0 Å². The van der Waals surface area contributed by atoms with E-state index in [0.29, 0.717) is 0 Å². The average molecular weight is 274 g/mol. The van der Waals surface area contributed by atoms with E-state index >= 15 is 0 Å². The van der Waals surface area contributed by atoms with Crippen LogP contribution in [-0.4, -0.2) is 0 Å². The van der Waals surface area contributed by atoms with E-state index in [4.69, 9.17) is 0 Å². The molecule has 0 aliphatic heterocycles. The van der Waals surface area contributed by atoms with Crippen molar-refractivity contribution in [3.05, 3.63) is 48.6 Å². The van der Waals surface area contributed by atoms with Gasteiger partial charge in [0.15, 0.2) is 0 Å². The van der Waals surface area contributed by atoms with Gasteiger partial charge in [0.25, 0.3) is 0 Å². The molecule has 0 amide bonds. The van der Waals surface area contributed by atoms with Crippen LogP contribution in [0, 0.1) is 5.92 Å². The maximum Gasteiger partial charge on any atom is -0.0250 e. The quantitative estimate of drug-likeness (QED) is 0.265. The van der Waals surface area contributed by atoms with E-state index in [2.05, 4.69) is 46.6 Å². The molecule has 0 N–H and O–H groups in total. The van der Waals surface area contributed by atoms with Crippen LogP contribution in [0.4, 0.5) is 0 Å². The van der Waals surface area contributed by atoms with Crippen LogP contribution >= 0.6 is 0 Å². The van der Waals surface area contributed by atoms with E-state index < -0.39 is 0 Å². The molecule has 0 heterocycles. The summed E-state index contributed by atoms with van der Waals surface area (Å²) in [6, 6.07) is 0. The summed E-state index contributed by atoms with van der Waals surface area (Å²) in [5.74, 6) is 0.850. The Balaban J connectivity index is 3.66. The number of rotatable bonds is 12. The van der Waals surface area contributed by atoms with Crippen molar-refractivity contribution in [1.82, 2.24) is 0 Å². The summed E-state index contributed by atoms with van der Waals surface area (Å²) in [7, 11) is 0. The molecule has 1 unspecified atom stereocenters. The molecule has 0 rings (SSSR count). The monoisotopic (exact) mass is 274 g/mol. The van der Waals surface area contributed by atoms with E-state index in [1.54, 1.807) is 0 Å². The van der Waals surface area contributed by atoms with Gasteiger partial charge in [-0.25, -0.2) is 0 Å². The highest BCUT2D eigenvalue weighted by atomic mass is 14.1. The lowest BCUT2D eigenvalue weighted by molar-refractivity contribution is 0.459. The molecule has 0 fully saturated rings. The van der Waals surface area contributed by atoms with Crippen molar-refractivity contribution in [2.75, 3.05) is 0 Å². The molecule has 0 aromatic heterocycles. The summed E-state index contributed by atoms with van der Waals surface area (Å²) in [6.45, 7) is 18.4. The third-order valence-electron chi connectivity index (χ3n) is 3.82. The highest BCUT2D eigenvalue weighted by Gasteiger charge is 2.02. The van der Waals surface area contributed by atoms with Gasteiger partial charge in [0, 0.05) is 0 Å². The fraction of sp³-hybridized carbons (Fsp3) is 0.600. The molecular formula is C20H34. The Hall–Kier alpha value is -1.04. The largest absolute Gasteiger partial charge is 0.100 e. The minimum atomic E-state index is 0.850. The van der Waals surface area contributed by atoms with Gasteiger partial charge in [-0.3, -0.25) is 0 Å². The van der Waals surface area contributed by atoms with Crippen LogP contribution in [0.25, 0.3) is 0 Å². The van der Waals surface area contributed by atoms with Crippen LogP contribution in [0.3, 0.4) is 0 Å². The molecule has 0 aromatic carbocycles. The lowest BCUT2D eigenvalue weighted by Gasteiger charge is -2.11. The zero-order chi connectivity index (χ0) is 15.4. The van der Waals surface area contributed by atoms with Crippen molar-refractivity contribution < 1.29 is 0 Å². The van der Waals surface area contributed by atoms with Crippen molar-refractivity contribution in [3.63, 3.8) is 0 Å². The summed E-state index contributed by atoms with van der Waals surface area (Å²) in [5.41, 5.74) is 3.98. The summed E-state index contributed by atoms with van der Waals surface area (Å²) in [4.78, 5) is 0. The van der Waals surface area contributed by atoms with Crippen LogP contribution in [0.5, 0.6) is 0 Å². The summed E-state index contributed by atoms with van der Waals surface area (Å²) in [6.07, 6.45) is 14.1. The van der Waals surface area contributed by atoms with Crippen molar-refractivity contribution in [1.29, 1.82) is 0 Å². The van der Waals surface area contributed by atoms with Crippen LogP contribution < -0.4 is 0 Å². The fourth-order valence-corrected chi connectivity index (χ4v) is 2.33. The Morgan fingerprint density at radius 3 is 2.15 bits per heavy atom. The van der Waals surface area contributed by atoms with Gasteiger partial charge in [-0.2, -0.15) is 0 Å². The molecule has 114 valence electrons. The van der Waals surface area contributed by atoms with Gasteiger partial charge in [-0.15, -0.1) is 6.58 Å². The van der Waals surface area contributed by atoms with Crippen LogP contribution in [-0.2, 0) is 0 Å². The highest BCUT2D eigenvalue weighted by Crippen LogP contribution is 2.19. The average Bonchev–Trinajstić information content (AvgIpc) is 2.38. The predicted molar refractivity (Wildman–Crippen MR) is 94.0 cm³/mol. The first-order valence-corrected chi connectivity index (χ1v) is 8.06. The van der Waals surface area contributed by atoms with Crippen molar-refractivity contribution in [2.45, 2.75) is 72.1 Å². The standard InChI is InChI=1S/C20H34/c1-7-18(4)12-9-14-20(6)16-10-15-19(5)13-8-11-17(2)3/h7,14,19H,1-2,4,8-13,15-16H2,3,5-6H3. The van der Waals surface area contributed by atoms with Crippen molar-refractivity contribution in [3.8, 4) is 0 Å². The van der Waals surface area contributed by atoms with E-state index in [1.165, 1.54) is 49.7 Å². The van der Waals surface area contributed by atoms with E-state index in [1.807, 2.05) is 6.08 Å². The molecule has 0 spiro atoms. The summed E-state index contributed by atoms with van der Waals surface area (Å²) >= 11 is 0. The zero-order valence-electron chi connectivity index (χ0n) is 14.0. The zero-order valence-corrected chi connectivity index (χ0v) is 14.0. The predicted octanol–water partition coefficient (Wildman–Crippen LogP) is 7.01. The third kappa shape index (κ3) is 12.0. The normalized spacial score (nSPS) is 13.1. The summed E-state index contributed by atoms with van der Waals surface area (Å²) < 4.78 is 0. The highest BCUT2D eigenvalue weighted by molar-refractivity contribution is 5.12. The Morgan fingerprint density at radius 2 is 1.60 bits per heavy atom. The van der Waals surface area contributed by atoms with E-state index in [9.17, 15) is 0 Å². The van der Waals surface area contributed by atoms with Gasteiger partial charge in [0.1, 0.15) is 0 Å². The van der Waals surface area contributed by atoms with Gasteiger partial charge in [0.2, 0.25) is 0 Å². The van der Waals surface area contributed by atoms with Crippen LogP contribution in [0.2, 0.25) is 0 Å². The molecule has 0 saturated carbocycles. The molecule has 0 bridgehead atoms. The van der Waals surface area contributed by atoms with Crippen molar-refractivity contribution in [2.24, 2.45) is 5.92 Å². The Bertz CT molecular complexity index is 330. The maximum atomic E-state index is 3.96. The molecule has 0 saturated heterocycles. The SMILES string of the molecule is C=CC(=C)CCC=C(C)CCCC(C)CCCC(=C)C. The maximum absolute atomic E-state index is 3.96. The second-order valence-corrected chi connectivity index (χ2v) is 6.30. The molecule has 0 aromatic rings. The first-order chi connectivity index (χ1) is 9.45. The smallest absolute Gasteiger partial charge is 0.0250 e. The Kier molecular flexibility index (Phi) is 11.1. The second-order valence-electron chi connectivity index (χ2n) is 6.30. The molecule has 1 atom stereocenters. The van der Waals surface area contributed by atoms with Crippen LogP contribution in [0.1, 0.15) is 72.1 Å². The van der Waals surface area contributed by atoms with Gasteiger partial charge in [-0.1, -0.05) is 61.8 Å². The number of allylic oxidation sites excluding steroid dienone is 5. The lowest BCUT2D eigenvalue weighted by atomic mass is 9.95. The van der Waals surface area contributed by atoms with Gasteiger partial charge < -0.3 is 0 Å². The first kappa shape index (κ1) is 19.0. The van der Waals surface area contributed by atoms with E-state index in [0.717, 1.165) is 24.3 Å². The minimum absolute atomic E-state index is 0.850. The fourth-order valence-electron chi connectivity index (χ4n) is 2.33. The Labute approximate surface area is 127 Å². The second kappa shape index (κ2) is 11.8. The topological polar surface area (TPSA) is 0 Å². The molecule has 0 heteroatoms. The van der Waals surface area contributed by atoms with Crippen LogP contribution in [0.15, 0.2) is 48.6 Å². The summed E-state index contributed by atoms with van der Waals surface area (Å²) in [5, 5.41) is 0. The van der Waals surface area contributed by atoms with Crippen molar-refractivity contribution >= 4 is 0 Å².